The van der Waals surface area contributed by atoms with Gasteiger partial charge in [-0.2, -0.15) is 5.10 Å². The average Bonchev–Trinajstić information content (AvgIpc) is 2.65. The number of anilines is 1. The molecule has 1 unspecified atom stereocenters. The normalized spacial score (nSPS) is 19.2. The number of rotatable bonds is 4. The van der Waals surface area contributed by atoms with Crippen molar-refractivity contribution in [1.82, 2.24) is 15.1 Å². The fourth-order valence-corrected chi connectivity index (χ4v) is 2.46. The van der Waals surface area contributed by atoms with Gasteiger partial charge < -0.3 is 15.5 Å². The SMILES string of the molecule is Cc1ccc(N2CCCN(CC(C)CN)CC2)nn1. The lowest BCUT2D eigenvalue weighted by atomic mass is 10.1. The van der Waals surface area contributed by atoms with E-state index in [1.807, 2.05) is 13.0 Å². The molecule has 0 aliphatic carbocycles. The molecule has 106 valence electrons. The van der Waals surface area contributed by atoms with Gasteiger partial charge in [0.25, 0.3) is 0 Å². The Balaban J connectivity index is 1.91. The first kappa shape index (κ1) is 14.2. The Morgan fingerprint density at radius 3 is 2.74 bits per heavy atom. The topological polar surface area (TPSA) is 58.3 Å². The molecular formula is C14H25N5. The highest BCUT2D eigenvalue weighted by Gasteiger charge is 2.17. The molecule has 1 fully saturated rings. The second kappa shape index (κ2) is 6.82. The van der Waals surface area contributed by atoms with Crippen LogP contribution in [0.1, 0.15) is 19.0 Å². The van der Waals surface area contributed by atoms with Crippen molar-refractivity contribution >= 4 is 5.82 Å². The van der Waals surface area contributed by atoms with Crippen LogP contribution in [0, 0.1) is 12.8 Å². The van der Waals surface area contributed by atoms with E-state index in [0.717, 1.165) is 50.8 Å². The van der Waals surface area contributed by atoms with Gasteiger partial charge in [-0.25, -0.2) is 0 Å². The molecule has 0 amide bonds. The van der Waals surface area contributed by atoms with Gasteiger partial charge in [0, 0.05) is 26.2 Å². The van der Waals surface area contributed by atoms with Crippen LogP contribution in [0.25, 0.3) is 0 Å². The van der Waals surface area contributed by atoms with Crippen LogP contribution in [-0.2, 0) is 0 Å². The number of hydrogen-bond donors (Lipinski definition) is 1. The molecule has 1 aromatic heterocycles. The number of hydrogen-bond acceptors (Lipinski definition) is 5. The van der Waals surface area contributed by atoms with Crippen LogP contribution in [0.4, 0.5) is 5.82 Å². The Labute approximate surface area is 115 Å². The largest absolute Gasteiger partial charge is 0.354 e. The van der Waals surface area contributed by atoms with Gasteiger partial charge >= 0.3 is 0 Å². The summed E-state index contributed by atoms with van der Waals surface area (Å²) in [6.45, 7) is 10.4. The van der Waals surface area contributed by atoms with Crippen LogP contribution in [-0.4, -0.2) is 54.4 Å². The lowest BCUT2D eigenvalue weighted by Gasteiger charge is -2.24. The van der Waals surface area contributed by atoms with Gasteiger partial charge in [0.1, 0.15) is 0 Å². The minimum atomic E-state index is 0.575. The van der Waals surface area contributed by atoms with E-state index in [2.05, 4.69) is 33.0 Å². The summed E-state index contributed by atoms with van der Waals surface area (Å²) in [4.78, 5) is 4.85. The Kier molecular flexibility index (Phi) is 5.10. The van der Waals surface area contributed by atoms with E-state index in [1.165, 1.54) is 6.42 Å². The highest BCUT2D eigenvalue weighted by molar-refractivity contribution is 5.37. The molecule has 0 saturated carbocycles. The smallest absolute Gasteiger partial charge is 0.151 e. The summed E-state index contributed by atoms with van der Waals surface area (Å²) >= 11 is 0. The van der Waals surface area contributed by atoms with E-state index in [4.69, 9.17) is 5.73 Å². The third-order valence-electron chi connectivity index (χ3n) is 3.67. The second-order valence-corrected chi connectivity index (χ2v) is 5.51. The van der Waals surface area contributed by atoms with E-state index in [9.17, 15) is 0 Å². The molecule has 2 N–H and O–H groups in total. The molecule has 5 heteroatoms. The number of aromatic nitrogens is 2. The lowest BCUT2D eigenvalue weighted by Crippen LogP contribution is -2.35. The minimum absolute atomic E-state index is 0.575. The summed E-state index contributed by atoms with van der Waals surface area (Å²) < 4.78 is 0. The zero-order valence-electron chi connectivity index (χ0n) is 12.0. The van der Waals surface area contributed by atoms with Crippen molar-refractivity contribution in [3.63, 3.8) is 0 Å². The first-order valence-electron chi connectivity index (χ1n) is 7.16. The maximum absolute atomic E-state index is 5.71. The lowest BCUT2D eigenvalue weighted by molar-refractivity contribution is 0.255. The van der Waals surface area contributed by atoms with E-state index in [-0.39, 0.29) is 0 Å². The highest BCUT2D eigenvalue weighted by Crippen LogP contribution is 2.13. The summed E-state index contributed by atoms with van der Waals surface area (Å²) in [5.74, 6) is 1.57. The Hall–Kier alpha value is -1.20. The van der Waals surface area contributed by atoms with Crippen molar-refractivity contribution in [2.75, 3.05) is 44.2 Å². The molecule has 1 aliphatic rings. The van der Waals surface area contributed by atoms with Gasteiger partial charge in [-0.05, 0) is 44.5 Å². The number of nitrogens with two attached hydrogens (primary N) is 1. The predicted molar refractivity (Wildman–Crippen MR) is 78.3 cm³/mol. The maximum atomic E-state index is 5.71. The zero-order chi connectivity index (χ0) is 13.7. The van der Waals surface area contributed by atoms with Crippen LogP contribution in [0.2, 0.25) is 0 Å². The van der Waals surface area contributed by atoms with Crippen molar-refractivity contribution in [1.29, 1.82) is 0 Å². The molecule has 0 bridgehead atoms. The molecule has 0 aromatic carbocycles. The second-order valence-electron chi connectivity index (χ2n) is 5.51. The molecule has 0 radical (unpaired) electrons. The summed E-state index contributed by atoms with van der Waals surface area (Å²) in [6, 6.07) is 4.10. The monoisotopic (exact) mass is 263 g/mol. The first-order valence-corrected chi connectivity index (χ1v) is 7.16. The van der Waals surface area contributed by atoms with Gasteiger partial charge in [0.15, 0.2) is 5.82 Å². The minimum Gasteiger partial charge on any atom is -0.354 e. The third kappa shape index (κ3) is 4.14. The van der Waals surface area contributed by atoms with Gasteiger partial charge in [-0.3, -0.25) is 0 Å². The van der Waals surface area contributed by atoms with E-state index in [0.29, 0.717) is 5.92 Å². The van der Waals surface area contributed by atoms with Crippen molar-refractivity contribution in [3.05, 3.63) is 17.8 Å². The summed E-state index contributed by atoms with van der Waals surface area (Å²) in [5, 5.41) is 8.43. The summed E-state index contributed by atoms with van der Waals surface area (Å²) in [6.07, 6.45) is 1.17. The molecule has 19 heavy (non-hydrogen) atoms. The van der Waals surface area contributed by atoms with Crippen LogP contribution in [0.15, 0.2) is 12.1 Å². The van der Waals surface area contributed by atoms with Crippen LogP contribution in [0.3, 0.4) is 0 Å². The number of aryl methyl sites for hydroxylation is 1. The van der Waals surface area contributed by atoms with Crippen molar-refractivity contribution in [2.45, 2.75) is 20.3 Å². The van der Waals surface area contributed by atoms with Gasteiger partial charge in [0.2, 0.25) is 0 Å². The highest BCUT2D eigenvalue weighted by atomic mass is 15.3. The molecule has 0 spiro atoms. The quantitative estimate of drug-likeness (QED) is 0.874. The first-order chi connectivity index (χ1) is 9.19. The van der Waals surface area contributed by atoms with E-state index >= 15 is 0 Å². The molecule has 1 aromatic rings. The molecule has 1 aliphatic heterocycles. The molecule has 1 atom stereocenters. The average molecular weight is 263 g/mol. The van der Waals surface area contributed by atoms with Gasteiger partial charge in [0.05, 0.1) is 5.69 Å². The fraction of sp³-hybridized carbons (Fsp3) is 0.714. The molecule has 2 heterocycles. The van der Waals surface area contributed by atoms with Crippen LogP contribution < -0.4 is 10.6 Å². The molecular weight excluding hydrogens is 238 g/mol. The van der Waals surface area contributed by atoms with Crippen LogP contribution in [0.5, 0.6) is 0 Å². The molecule has 2 rings (SSSR count). The standard InChI is InChI=1S/C14H25N5/c1-12(10-15)11-18-6-3-7-19(9-8-18)14-5-4-13(2)16-17-14/h4-5,12H,3,6-11,15H2,1-2H3. The zero-order valence-corrected chi connectivity index (χ0v) is 12.0. The molecule has 1 saturated heterocycles. The predicted octanol–water partition coefficient (Wildman–Crippen LogP) is 0.892. The van der Waals surface area contributed by atoms with Crippen molar-refractivity contribution < 1.29 is 0 Å². The Bertz CT molecular complexity index is 378. The Morgan fingerprint density at radius 1 is 1.21 bits per heavy atom. The van der Waals surface area contributed by atoms with Gasteiger partial charge in [-0.1, -0.05) is 6.92 Å². The van der Waals surface area contributed by atoms with E-state index in [1.54, 1.807) is 0 Å². The fourth-order valence-electron chi connectivity index (χ4n) is 2.46. The Morgan fingerprint density at radius 2 is 2.05 bits per heavy atom. The number of nitrogens with zero attached hydrogens (tertiary/aromatic N) is 4. The van der Waals surface area contributed by atoms with E-state index < -0.39 is 0 Å². The third-order valence-corrected chi connectivity index (χ3v) is 3.67. The summed E-state index contributed by atoms with van der Waals surface area (Å²) in [7, 11) is 0. The maximum Gasteiger partial charge on any atom is 0.151 e. The summed E-state index contributed by atoms with van der Waals surface area (Å²) in [5.41, 5.74) is 6.67. The van der Waals surface area contributed by atoms with Crippen molar-refractivity contribution in [3.8, 4) is 0 Å². The van der Waals surface area contributed by atoms with Crippen molar-refractivity contribution in [2.24, 2.45) is 11.7 Å². The molecule has 5 nitrogen and oxygen atoms in total. The van der Waals surface area contributed by atoms with Crippen LogP contribution >= 0.6 is 0 Å². The van der Waals surface area contributed by atoms with Gasteiger partial charge in [-0.15, -0.1) is 5.10 Å².